The highest BCUT2D eigenvalue weighted by Gasteiger charge is 2.30. The van der Waals surface area contributed by atoms with Crippen LogP contribution in [0.4, 0.5) is 23.2 Å². The lowest BCUT2D eigenvalue weighted by molar-refractivity contribution is -0.137. The summed E-state index contributed by atoms with van der Waals surface area (Å²) in [5.41, 5.74) is 4.19. The zero-order valence-corrected chi connectivity index (χ0v) is 10.0. The van der Waals surface area contributed by atoms with Crippen LogP contribution in [0, 0.1) is 5.82 Å². The third kappa shape index (κ3) is 2.64. The van der Waals surface area contributed by atoms with Crippen molar-refractivity contribution in [1.29, 1.82) is 0 Å². The van der Waals surface area contributed by atoms with Crippen molar-refractivity contribution in [1.82, 2.24) is 0 Å². The number of carbonyl (C=O) groups is 1. The van der Waals surface area contributed by atoms with Crippen molar-refractivity contribution >= 4 is 11.5 Å². The predicted octanol–water partition coefficient (Wildman–Crippen LogP) is 3.66. The zero-order chi connectivity index (χ0) is 14.9. The van der Waals surface area contributed by atoms with Crippen LogP contribution in [-0.2, 0) is 6.18 Å². The van der Waals surface area contributed by atoms with E-state index in [0.717, 1.165) is 30.3 Å². The highest BCUT2D eigenvalue weighted by molar-refractivity contribution is 6.12. The van der Waals surface area contributed by atoms with E-state index in [4.69, 9.17) is 5.73 Å². The highest BCUT2D eigenvalue weighted by atomic mass is 19.4. The van der Waals surface area contributed by atoms with Gasteiger partial charge in [-0.15, -0.1) is 0 Å². The van der Waals surface area contributed by atoms with Crippen LogP contribution in [0.1, 0.15) is 21.5 Å². The van der Waals surface area contributed by atoms with Gasteiger partial charge in [-0.2, -0.15) is 13.2 Å². The Balaban J connectivity index is 2.37. The van der Waals surface area contributed by atoms with Gasteiger partial charge in [0.15, 0.2) is 5.78 Å². The Hall–Kier alpha value is -2.37. The molecule has 0 saturated carbocycles. The van der Waals surface area contributed by atoms with Gasteiger partial charge in [-0.3, -0.25) is 4.79 Å². The van der Waals surface area contributed by atoms with E-state index in [1.54, 1.807) is 0 Å². The summed E-state index contributed by atoms with van der Waals surface area (Å²) >= 11 is 0. The minimum atomic E-state index is -4.47. The van der Waals surface area contributed by atoms with E-state index < -0.39 is 23.3 Å². The van der Waals surface area contributed by atoms with Gasteiger partial charge in [0.25, 0.3) is 0 Å². The summed E-state index contributed by atoms with van der Waals surface area (Å²) < 4.78 is 50.5. The molecular formula is C14H9F4NO. The van der Waals surface area contributed by atoms with Crippen molar-refractivity contribution in [2.24, 2.45) is 0 Å². The van der Waals surface area contributed by atoms with Crippen molar-refractivity contribution in [3.05, 3.63) is 65.0 Å². The van der Waals surface area contributed by atoms with Gasteiger partial charge in [-0.05, 0) is 24.3 Å². The highest BCUT2D eigenvalue weighted by Crippen LogP contribution is 2.29. The van der Waals surface area contributed by atoms with Gasteiger partial charge in [0.1, 0.15) is 5.82 Å². The number of alkyl halides is 3. The molecule has 2 nitrogen and oxygen atoms in total. The third-order valence-electron chi connectivity index (χ3n) is 2.77. The Labute approximate surface area is 111 Å². The van der Waals surface area contributed by atoms with E-state index in [1.165, 1.54) is 12.1 Å². The van der Waals surface area contributed by atoms with Crippen LogP contribution in [-0.4, -0.2) is 5.78 Å². The Morgan fingerprint density at radius 3 is 2.15 bits per heavy atom. The molecule has 0 aliphatic carbocycles. The SMILES string of the molecule is Nc1c(F)cccc1C(=O)c1ccc(C(F)(F)F)cc1. The number of hydrogen-bond donors (Lipinski definition) is 1. The summed E-state index contributed by atoms with van der Waals surface area (Å²) in [5.74, 6) is -1.38. The standard InChI is InChI=1S/C14H9F4NO/c15-11-3-1-2-10(12(11)19)13(20)8-4-6-9(7-5-8)14(16,17)18/h1-7H,19H2. The fourth-order valence-electron chi connectivity index (χ4n) is 1.70. The molecule has 0 bridgehead atoms. The van der Waals surface area contributed by atoms with Crippen LogP contribution in [0.5, 0.6) is 0 Å². The molecule has 0 radical (unpaired) electrons. The molecule has 104 valence electrons. The number of rotatable bonds is 2. The summed E-state index contributed by atoms with van der Waals surface area (Å²) in [6, 6.07) is 7.39. The van der Waals surface area contributed by atoms with E-state index in [0.29, 0.717) is 0 Å². The summed E-state index contributed by atoms with van der Waals surface area (Å²) in [6.07, 6.45) is -4.47. The third-order valence-corrected chi connectivity index (χ3v) is 2.77. The summed E-state index contributed by atoms with van der Waals surface area (Å²) in [5, 5.41) is 0. The monoisotopic (exact) mass is 283 g/mol. The van der Waals surface area contributed by atoms with Crippen LogP contribution in [0.3, 0.4) is 0 Å². The molecule has 20 heavy (non-hydrogen) atoms. The minimum absolute atomic E-state index is 0.00954. The minimum Gasteiger partial charge on any atom is -0.396 e. The van der Waals surface area contributed by atoms with E-state index in [-0.39, 0.29) is 16.8 Å². The first-order valence-corrected chi connectivity index (χ1v) is 5.56. The molecule has 0 saturated heterocycles. The normalized spacial score (nSPS) is 11.4. The molecule has 0 spiro atoms. The lowest BCUT2D eigenvalue weighted by atomic mass is 10.0. The zero-order valence-electron chi connectivity index (χ0n) is 10.0. The average Bonchev–Trinajstić information content (AvgIpc) is 2.40. The van der Waals surface area contributed by atoms with Crippen LogP contribution in [0.2, 0.25) is 0 Å². The van der Waals surface area contributed by atoms with E-state index >= 15 is 0 Å². The molecule has 0 heterocycles. The van der Waals surface area contributed by atoms with E-state index in [1.807, 2.05) is 0 Å². The summed E-state index contributed by atoms with van der Waals surface area (Å²) in [4.78, 5) is 12.1. The van der Waals surface area contributed by atoms with Gasteiger partial charge in [0, 0.05) is 11.1 Å². The molecule has 0 atom stereocenters. The second-order valence-electron chi connectivity index (χ2n) is 4.11. The lowest BCUT2D eigenvalue weighted by Crippen LogP contribution is -2.09. The van der Waals surface area contributed by atoms with Gasteiger partial charge < -0.3 is 5.73 Å². The van der Waals surface area contributed by atoms with Gasteiger partial charge in [0.2, 0.25) is 0 Å². The number of benzene rings is 2. The van der Waals surface area contributed by atoms with Gasteiger partial charge in [-0.25, -0.2) is 4.39 Å². The molecule has 2 N–H and O–H groups in total. The smallest absolute Gasteiger partial charge is 0.396 e. The number of halogens is 4. The van der Waals surface area contributed by atoms with Crippen LogP contribution < -0.4 is 5.73 Å². The van der Waals surface area contributed by atoms with Crippen molar-refractivity contribution < 1.29 is 22.4 Å². The Bertz CT molecular complexity index is 647. The first-order chi connectivity index (χ1) is 9.30. The number of hydrogen-bond acceptors (Lipinski definition) is 2. The fourth-order valence-corrected chi connectivity index (χ4v) is 1.70. The van der Waals surface area contributed by atoms with Gasteiger partial charge in [-0.1, -0.05) is 18.2 Å². The molecule has 0 unspecified atom stereocenters. The van der Waals surface area contributed by atoms with Crippen molar-refractivity contribution in [3.8, 4) is 0 Å². The maximum absolute atomic E-state index is 13.2. The fraction of sp³-hybridized carbons (Fsp3) is 0.0714. The predicted molar refractivity (Wildman–Crippen MR) is 65.7 cm³/mol. The Kier molecular flexibility index (Phi) is 3.48. The van der Waals surface area contributed by atoms with E-state index in [9.17, 15) is 22.4 Å². The molecule has 0 aromatic heterocycles. The number of para-hydroxylation sites is 1. The maximum atomic E-state index is 13.2. The first kappa shape index (κ1) is 14.0. The second-order valence-corrected chi connectivity index (χ2v) is 4.11. The van der Waals surface area contributed by atoms with E-state index in [2.05, 4.69) is 0 Å². The molecule has 6 heteroatoms. The summed E-state index contributed by atoms with van der Waals surface area (Å²) in [7, 11) is 0. The molecule has 2 aromatic rings. The number of anilines is 1. The van der Waals surface area contributed by atoms with Crippen LogP contribution in [0.15, 0.2) is 42.5 Å². The van der Waals surface area contributed by atoms with Crippen molar-refractivity contribution in [2.75, 3.05) is 5.73 Å². The largest absolute Gasteiger partial charge is 0.416 e. The van der Waals surface area contributed by atoms with Crippen LogP contribution in [0.25, 0.3) is 0 Å². The lowest BCUT2D eigenvalue weighted by Gasteiger charge is -2.08. The maximum Gasteiger partial charge on any atom is 0.416 e. The quantitative estimate of drug-likeness (QED) is 0.519. The molecule has 2 rings (SSSR count). The number of nitrogen functional groups attached to an aromatic ring is 1. The Morgan fingerprint density at radius 1 is 1.00 bits per heavy atom. The Morgan fingerprint density at radius 2 is 1.60 bits per heavy atom. The number of ketones is 1. The first-order valence-electron chi connectivity index (χ1n) is 5.56. The molecule has 0 fully saturated rings. The molecule has 2 aromatic carbocycles. The molecular weight excluding hydrogens is 274 g/mol. The van der Waals surface area contributed by atoms with Crippen LogP contribution >= 0.6 is 0 Å². The second kappa shape index (κ2) is 4.96. The number of nitrogens with two attached hydrogens (primary N) is 1. The van der Waals surface area contributed by atoms with Gasteiger partial charge >= 0.3 is 6.18 Å². The molecule has 0 aliphatic heterocycles. The average molecular weight is 283 g/mol. The number of carbonyl (C=O) groups excluding carboxylic acids is 1. The summed E-state index contributed by atoms with van der Waals surface area (Å²) in [6.45, 7) is 0. The van der Waals surface area contributed by atoms with Gasteiger partial charge in [0.05, 0.1) is 11.3 Å². The molecule has 0 amide bonds. The topological polar surface area (TPSA) is 43.1 Å². The molecule has 0 aliphatic rings. The van der Waals surface area contributed by atoms with Crippen molar-refractivity contribution in [3.63, 3.8) is 0 Å². The van der Waals surface area contributed by atoms with Crippen molar-refractivity contribution in [2.45, 2.75) is 6.18 Å².